The number of rotatable bonds is 8. The first kappa shape index (κ1) is 21.9. The third kappa shape index (κ3) is 13.1. The van der Waals surface area contributed by atoms with Crippen molar-refractivity contribution < 1.29 is 9.53 Å². The van der Waals surface area contributed by atoms with Crippen LogP contribution in [0.15, 0.2) is 4.99 Å². The number of aliphatic imine (C=N–C) groups is 1. The maximum absolute atomic E-state index is 11.9. The second-order valence-corrected chi connectivity index (χ2v) is 7.96. The fourth-order valence-corrected chi connectivity index (χ4v) is 2.09. The third-order valence-corrected chi connectivity index (χ3v) is 3.33. The Morgan fingerprint density at radius 1 is 1.17 bits per heavy atom. The highest BCUT2D eigenvalue weighted by Gasteiger charge is 2.24. The molecule has 0 aliphatic carbocycles. The topological polar surface area (TPSA) is 74.8 Å². The lowest BCUT2D eigenvalue weighted by Gasteiger charge is -2.27. The van der Waals surface area contributed by atoms with Gasteiger partial charge in [0, 0.05) is 13.1 Å². The van der Waals surface area contributed by atoms with Gasteiger partial charge in [0.2, 0.25) is 0 Å². The highest BCUT2D eigenvalue weighted by molar-refractivity contribution is 7.98. The summed E-state index contributed by atoms with van der Waals surface area (Å²) in [5.41, 5.74) is -0.985. The zero-order valence-corrected chi connectivity index (χ0v) is 16.5. The lowest BCUT2D eigenvalue weighted by molar-refractivity contribution is 0.0476. The number of nitrogens with zero attached hydrogens (tertiary/aromatic N) is 1. The molecule has 136 valence electrons. The minimum absolute atomic E-state index is 0.421. The second kappa shape index (κ2) is 10.6. The van der Waals surface area contributed by atoms with Crippen LogP contribution in [0.1, 0.15) is 48.0 Å². The van der Waals surface area contributed by atoms with Crippen LogP contribution in [-0.2, 0) is 4.74 Å². The molecule has 0 aliphatic heterocycles. The molecule has 0 atom stereocenters. The van der Waals surface area contributed by atoms with E-state index in [2.05, 4.69) is 27.2 Å². The predicted octanol–water partition coefficient (Wildman–Crippen LogP) is 2.60. The second-order valence-electron chi connectivity index (χ2n) is 6.98. The molecule has 0 aliphatic rings. The van der Waals surface area contributed by atoms with Crippen molar-refractivity contribution in [2.24, 2.45) is 4.99 Å². The van der Waals surface area contributed by atoms with Gasteiger partial charge in [0.05, 0.1) is 12.1 Å². The molecule has 0 rings (SSSR count). The van der Waals surface area contributed by atoms with Gasteiger partial charge < -0.3 is 20.7 Å². The van der Waals surface area contributed by atoms with E-state index in [1.54, 1.807) is 0 Å². The van der Waals surface area contributed by atoms with Crippen molar-refractivity contribution in [1.29, 1.82) is 0 Å². The summed E-state index contributed by atoms with van der Waals surface area (Å²) < 4.78 is 5.29. The number of amides is 1. The van der Waals surface area contributed by atoms with Crippen molar-refractivity contribution in [1.82, 2.24) is 16.0 Å². The highest BCUT2D eigenvalue weighted by atomic mass is 32.2. The molecule has 6 nitrogen and oxygen atoms in total. The Kier molecular flexibility index (Phi) is 10.1. The fourth-order valence-electron chi connectivity index (χ4n) is 1.66. The smallest absolute Gasteiger partial charge is 0.408 e. The van der Waals surface area contributed by atoms with Crippen LogP contribution in [-0.4, -0.2) is 54.8 Å². The predicted molar refractivity (Wildman–Crippen MR) is 100 cm³/mol. The van der Waals surface area contributed by atoms with Gasteiger partial charge in [-0.15, -0.1) is 0 Å². The largest absolute Gasteiger partial charge is 0.444 e. The first-order valence-corrected chi connectivity index (χ1v) is 9.51. The van der Waals surface area contributed by atoms with Crippen LogP contribution in [0.3, 0.4) is 0 Å². The van der Waals surface area contributed by atoms with Crippen molar-refractivity contribution in [3.8, 4) is 0 Å². The van der Waals surface area contributed by atoms with Gasteiger partial charge in [-0.05, 0) is 60.0 Å². The average Bonchev–Trinajstić information content (AvgIpc) is 2.37. The van der Waals surface area contributed by atoms with E-state index < -0.39 is 17.2 Å². The summed E-state index contributed by atoms with van der Waals surface area (Å²) in [6.45, 7) is 13.6. The molecule has 0 aromatic heterocycles. The number of ether oxygens (including phenoxy) is 1. The Labute approximate surface area is 145 Å². The van der Waals surface area contributed by atoms with Crippen LogP contribution in [0.5, 0.6) is 0 Å². The Hall–Kier alpha value is -1.11. The van der Waals surface area contributed by atoms with Gasteiger partial charge in [-0.2, -0.15) is 11.8 Å². The van der Waals surface area contributed by atoms with Crippen molar-refractivity contribution in [3.63, 3.8) is 0 Å². The Morgan fingerprint density at radius 3 is 2.35 bits per heavy atom. The quantitative estimate of drug-likeness (QED) is 0.358. The summed E-state index contributed by atoms with van der Waals surface area (Å²) in [5, 5.41) is 9.37. The Morgan fingerprint density at radius 2 is 1.83 bits per heavy atom. The fraction of sp³-hybridized carbons (Fsp3) is 0.875. The summed E-state index contributed by atoms with van der Waals surface area (Å²) in [5.74, 6) is 1.89. The number of hydrogen-bond acceptors (Lipinski definition) is 4. The van der Waals surface area contributed by atoms with Crippen LogP contribution in [0, 0.1) is 0 Å². The molecule has 7 heteroatoms. The molecule has 0 radical (unpaired) electrons. The highest BCUT2D eigenvalue weighted by Crippen LogP contribution is 2.09. The third-order valence-electron chi connectivity index (χ3n) is 2.63. The van der Waals surface area contributed by atoms with Gasteiger partial charge in [0.25, 0.3) is 0 Å². The summed E-state index contributed by atoms with van der Waals surface area (Å²) in [4.78, 5) is 16.4. The lowest BCUT2D eigenvalue weighted by atomic mass is 10.1. The summed E-state index contributed by atoms with van der Waals surface area (Å²) >= 11 is 1.83. The normalized spacial score (nSPS) is 12.7. The number of guanidine groups is 1. The molecule has 0 bridgehead atoms. The van der Waals surface area contributed by atoms with E-state index in [-0.39, 0.29) is 0 Å². The SMILES string of the molecule is CCNC(=NCC(C)(C)NC(=O)OC(C)(C)C)NCCCSC. The van der Waals surface area contributed by atoms with E-state index in [0.717, 1.165) is 31.2 Å². The van der Waals surface area contributed by atoms with E-state index in [0.29, 0.717) is 6.54 Å². The van der Waals surface area contributed by atoms with Crippen molar-refractivity contribution >= 4 is 23.8 Å². The van der Waals surface area contributed by atoms with E-state index >= 15 is 0 Å². The monoisotopic (exact) mass is 346 g/mol. The van der Waals surface area contributed by atoms with E-state index in [1.807, 2.05) is 53.3 Å². The van der Waals surface area contributed by atoms with Gasteiger partial charge in [-0.1, -0.05) is 0 Å². The molecular formula is C16H34N4O2S. The van der Waals surface area contributed by atoms with Gasteiger partial charge in [-0.25, -0.2) is 4.79 Å². The molecule has 0 saturated carbocycles. The molecule has 3 N–H and O–H groups in total. The van der Waals surface area contributed by atoms with Crippen molar-refractivity contribution in [3.05, 3.63) is 0 Å². The Bertz CT molecular complexity index is 379. The summed E-state index contributed by atoms with van der Waals surface area (Å²) in [6, 6.07) is 0. The summed E-state index contributed by atoms with van der Waals surface area (Å²) in [7, 11) is 0. The van der Waals surface area contributed by atoms with Crippen molar-refractivity contribution in [2.75, 3.05) is 31.6 Å². The number of carbonyl (C=O) groups is 1. The van der Waals surface area contributed by atoms with E-state index in [1.165, 1.54) is 0 Å². The van der Waals surface area contributed by atoms with E-state index in [9.17, 15) is 4.79 Å². The molecule has 0 heterocycles. The molecular weight excluding hydrogens is 312 g/mol. The molecule has 23 heavy (non-hydrogen) atoms. The zero-order valence-electron chi connectivity index (χ0n) is 15.7. The number of carbonyl (C=O) groups excluding carboxylic acids is 1. The number of hydrogen-bond donors (Lipinski definition) is 3. The maximum atomic E-state index is 11.9. The maximum Gasteiger partial charge on any atom is 0.408 e. The van der Waals surface area contributed by atoms with Crippen LogP contribution in [0.25, 0.3) is 0 Å². The Balaban J connectivity index is 4.48. The molecule has 1 amide bonds. The molecule has 0 unspecified atom stereocenters. The standard InChI is InChI=1S/C16H34N4O2S/c1-8-17-13(18-10-9-11-23-7)19-12-16(5,6)20-14(21)22-15(2,3)4/h8-12H2,1-7H3,(H,20,21)(H2,17,18,19). The minimum atomic E-state index is -0.503. The van der Waals surface area contributed by atoms with Crippen LogP contribution < -0.4 is 16.0 Å². The average molecular weight is 347 g/mol. The first-order valence-electron chi connectivity index (χ1n) is 8.12. The summed E-state index contributed by atoms with van der Waals surface area (Å²) in [6.07, 6.45) is 2.77. The molecule has 0 aromatic carbocycles. The number of alkyl carbamates (subject to hydrolysis) is 1. The molecule has 0 fully saturated rings. The first-order chi connectivity index (χ1) is 10.6. The zero-order chi connectivity index (χ0) is 17.9. The van der Waals surface area contributed by atoms with Crippen LogP contribution in [0.2, 0.25) is 0 Å². The molecule has 0 saturated heterocycles. The van der Waals surface area contributed by atoms with Crippen LogP contribution >= 0.6 is 11.8 Å². The molecule has 0 aromatic rings. The molecule has 0 spiro atoms. The number of thioether (sulfide) groups is 1. The minimum Gasteiger partial charge on any atom is -0.444 e. The van der Waals surface area contributed by atoms with E-state index in [4.69, 9.17) is 4.74 Å². The van der Waals surface area contributed by atoms with Gasteiger partial charge in [0.15, 0.2) is 5.96 Å². The lowest BCUT2D eigenvalue weighted by Crippen LogP contribution is -2.49. The van der Waals surface area contributed by atoms with Gasteiger partial charge in [0.1, 0.15) is 5.60 Å². The van der Waals surface area contributed by atoms with Crippen LogP contribution in [0.4, 0.5) is 4.79 Å². The van der Waals surface area contributed by atoms with Crippen molar-refractivity contribution in [2.45, 2.75) is 59.1 Å². The number of nitrogens with one attached hydrogen (secondary N) is 3. The van der Waals surface area contributed by atoms with Gasteiger partial charge >= 0.3 is 6.09 Å². The van der Waals surface area contributed by atoms with Gasteiger partial charge in [-0.3, -0.25) is 4.99 Å².